The lowest BCUT2D eigenvalue weighted by Crippen LogP contribution is -2.36. The zero-order valence-electron chi connectivity index (χ0n) is 13.3. The van der Waals surface area contributed by atoms with Gasteiger partial charge in [0.05, 0.1) is 12.9 Å². The number of sulfonamides is 1. The van der Waals surface area contributed by atoms with E-state index in [4.69, 9.17) is 4.74 Å². The number of rotatable bonds is 9. The van der Waals surface area contributed by atoms with Crippen molar-refractivity contribution in [2.24, 2.45) is 0 Å². The highest BCUT2D eigenvalue weighted by molar-refractivity contribution is 7.88. The van der Waals surface area contributed by atoms with Crippen LogP contribution in [-0.2, 0) is 26.1 Å². The summed E-state index contributed by atoms with van der Waals surface area (Å²) in [7, 11) is -1.82. The van der Waals surface area contributed by atoms with E-state index in [0.717, 1.165) is 17.4 Å². The molecule has 0 unspecified atom stereocenters. The summed E-state index contributed by atoms with van der Waals surface area (Å²) in [4.78, 5) is 11.8. The molecule has 0 heterocycles. The Kier molecular flexibility index (Phi) is 7.50. The zero-order valence-corrected chi connectivity index (χ0v) is 14.1. The quantitative estimate of drug-likeness (QED) is 0.731. The van der Waals surface area contributed by atoms with Crippen LogP contribution in [0.15, 0.2) is 24.3 Å². The van der Waals surface area contributed by atoms with Gasteiger partial charge in [-0.3, -0.25) is 4.79 Å². The van der Waals surface area contributed by atoms with Crippen LogP contribution in [0, 0.1) is 6.92 Å². The molecule has 0 aliphatic heterocycles. The molecule has 0 aliphatic carbocycles. The van der Waals surface area contributed by atoms with Crippen molar-refractivity contribution in [3.63, 3.8) is 0 Å². The molecule has 22 heavy (non-hydrogen) atoms. The third-order valence-electron chi connectivity index (χ3n) is 3.17. The van der Waals surface area contributed by atoms with E-state index in [-0.39, 0.29) is 25.4 Å². The molecule has 0 spiro atoms. The van der Waals surface area contributed by atoms with Crippen LogP contribution >= 0.6 is 0 Å². The van der Waals surface area contributed by atoms with Gasteiger partial charge in [0.15, 0.2) is 0 Å². The minimum atomic E-state index is -3.33. The van der Waals surface area contributed by atoms with E-state index in [0.29, 0.717) is 13.2 Å². The molecule has 0 radical (unpaired) electrons. The van der Waals surface area contributed by atoms with Gasteiger partial charge in [-0.2, -0.15) is 4.31 Å². The molecule has 124 valence electrons. The summed E-state index contributed by atoms with van der Waals surface area (Å²) in [5, 5.41) is 2.80. The summed E-state index contributed by atoms with van der Waals surface area (Å²) in [6, 6.07) is 7.87. The first-order chi connectivity index (χ1) is 10.3. The minimum Gasteiger partial charge on any atom is -0.383 e. The molecular weight excluding hydrogens is 304 g/mol. The number of carbonyl (C=O) groups excluding carboxylic acids is 1. The van der Waals surface area contributed by atoms with E-state index >= 15 is 0 Å². The fraction of sp³-hybridized carbons (Fsp3) is 0.533. The maximum atomic E-state index is 11.8. The van der Waals surface area contributed by atoms with Crippen molar-refractivity contribution in [3.05, 3.63) is 35.4 Å². The predicted molar refractivity (Wildman–Crippen MR) is 85.9 cm³/mol. The first-order valence-corrected chi connectivity index (χ1v) is 8.94. The third-order valence-corrected chi connectivity index (χ3v) is 4.48. The van der Waals surface area contributed by atoms with E-state index in [1.165, 1.54) is 11.4 Å². The largest absolute Gasteiger partial charge is 0.383 e. The van der Waals surface area contributed by atoms with E-state index < -0.39 is 10.0 Å². The summed E-state index contributed by atoms with van der Waals surface area (Å²) in [6.45, 7) is 3.14. The molecule has 0 fully saturated rings. The molecule has 0 bridgehead atoms. The Morgan fingerprint density at radius 3 is 2.64 bits per heavy atom. The van der Waals surface area contributed by atoms with Gasteiger partial charge in [-0.25, -0.2) is 8.42 Å². The van der Waals surface area contributed by atoms with E-state index in [2.05, 4.69) is 5.32 Å². The second-order valence-corrected chi connectivity index (χ2v) is 7.15. The van der Waals surface area contributed by atoms with Gasteiger partial charge in [-0.05, 0) is 12.5 Å². The normalized spacial score (nSPS) is 11.6. The molecule has 1 aromatic rings. The molecule has 1 rings (SSSR count). The SMILES string of the molecule is COCCN(CCC(=O)NCc1cccc(C)c1)S(C)(=O)=O. The molecule has 1 aromatic carbocycles. The molecule has 6 nitrogen and oxygen atoms in total. The first-order valence-electron chi connectivity index (χ1n) is 7.09. The lowest BCUT2D eigenvalue weighted by molar-refractivity contribution is -0.121. The van der Waals surface area contributed by atoms with Gasteiger partial charge >= 0.3 is 0 Å². The Hall–Kier alpha value is -1.44. The number of amides is 1. The van der Waals surface area contributed by atoms with Crippen LogP contribution in [0.3, 0.4) is 0 Å². The van der Waals surface area contributed by atoms with Crippen LogP contribution in [0.25, 0.3) is 0 Å². The van der Waals surface area contributed by atoms with Crippen LogP contribution in [0.5, 0.6) is 0 Å². The highest BCUT2D eigenvalue weighted by Gasteiger charge is 2.17. The second kappa shape index (κ2) is 8.87. The third kappa shape index (κ3) is 7.02. The molecule has 1 N–H and O–H groups in total. The summed E-state index contributed by atoms with van der Waals surface area (Å²) >= 11 is 0. The number of nitrogens with one attached hydrogen (secondary N) is 1. The number of ether oxygens (including phenoxy) is 1. The molecule has 0 aromatic heterocycles. The van der Waals surface area contributed by atoms with E-state index in [1.807, 2.05) is 31.2 Å². The maximum absolute atomic E-state index is 11.8. The van der Waals surface area contributed by atoms with Crippen molar-refractivity contribution < 1.29 is 17.9 Å². The highest BCUT2D eigenvalue weighted by Crippen LogP contribution is 2.04. The van der Waals surface area contributed by atoms with Crippen LogP contribution < -0.4 is 5.32 Å². The average Bonchev–Trinajstić information content (AvgIpc) is 2.44. The zero-order chi connectivity index (χ0) is 16.6. The van der Waals surface area contributed by atoms with Crippen molar-refractivity contribution >= 4 is 15.9 Å². The van der Waals surface area contributed by atoms with Crippen molar-refractivity contribution in [1.82, 2.24) is 9.62 Å². The van der Waals surface area contributed by atoms with Gasteiger partial charge in [-0.15, -0.1) is 0 Å². The Morgan fingerprint density at radius 2 is 2.05 bits per heavy atom. The molecule has 0 saturated carbocycles. The lowest BCUT2D eigenvalue weighted by Gasteiger charge is -2.19. The predicted octanol–water partition coefficient (Wildman–Crippen LogP) is 0.909. The smallest absolute Gasteiger partial charge is 0.221 e. The number of benzene rings is 1. The monoisotopic (exact) mass is 328 g/mol. The molecule has 0 saturated heterocycles. The number of hydrogen-bond donors (Lipinski definition) is 1. The molecule has 7 heteroatoms. The van der Waals surface area contributed by atoms with Crippen LogP contribution in [0.2, 0.25) is 0 Å². The topological polar surface area (TPSA) is 75.7 Å². The van der Waals surface area contributed by atoms with Gasteiger partial charge in [0, 0.05) is 33.2 Å². The van der Waals surface area contributed by atoms with Gasteiger partial charge in [0.1, 0.15) is 0 Å². The standard InChI is InChI=1S/C15H24N2O4S/c1-13-5-4-6-14(11-13)12-16-15(18)7-8-17(9-10-21-2)22(3,19)20/h4-6,11H,7-10,12H2,1-3H3,(H,16,18). The van der Waals surface area contributed by atoms with Gasteiger partial charge in [-0.1, -0.05) is 29.8 Å². The van der Waals surface area contributed by atoms with Crippen LogP contribution in [0.4, 0.5) is 0 Å². The maximum Gasteiger partial charge on any atom is 0.221 e. The van der Waals surface area contributed by atoms with Crippen molar-refractivity contribution in [2.75, 3.05) is 33.1 Å². The van der Waals surface area contributed by atoms with Gasteiger partial charge < -0.3 is 10.1 Å². The minimum absolute atomic E-state index is 0.128. The number of hydrogen-bond acceptors (Lipinski definition) is 4. The Bertz CT molecular complexity index is 587. The summed E-state index contributed by atoms with van der Waals surface area (Å²) in [5.74, 6) is -0.174. The average molecular weight is 328 g/mol. The number of methoxy groups -OCH3 is 1. The molecule has 1 amide bonds. The van der Waals surface area contributed by atoms with E-state index in [1.54, 1.807) is 0 Å². The number of aryl methyl sites for hydroxylation is 1. The van der Waals surface area contributed by atoms with Crippen molar-refractivity contribution in [1.29, 1.82) is 0 Å². The molecular formula is C15H24N2O4S. The second-order valence-electron chi connectivity index (χ2n) is 5.17. The van der Waals surface area contributed by atoms with Crippen LogP contribution in [0.1, 0.15) is 17.5 Å². The fourth-order valence-corrected chi connectivity index (χ4v) is 2.80. The summed E-state index contributed by atoms with van der Waals surface area (Å²) in [5.41, 5.74) is 2.15. The number of carbonyl (C=O) groups is 1. The Labute approximate surface area is 132 Å². The van der Waals surface area contributed by atoms with Crippen LogP contribution in [-0.4, -0.2) is 51.7 Å². The summed E-state index contributed by atoms with van der Waals surface area (Å²) in [6.07, 6.45) is 1.26. The number of nitrogens with zero attached hydrogens (tertiary/aromatic N) is 1. The first kappa shape index (κ1) is 18.6. The fourth-order valence-electron chi connectivity index (χ4n) is 1.97. The highest BCUT2D eigenvalue weighted by atomic mass is 32.2. The van der Waals surface area contributed by atoms with Crippen molar-refractivity contribution in [3.8, 4) is 0 Å². The van der Waals surface area contributed by atoms with Gasteiger partial charge in [0.25, 0.3) is 0 Å². The molecule has 0 aliphatic rings. The molecule has 0 atom stereocenters. The van der Waals surface area contributed by atoms with E-state index in [9.17, 15) is 13.2 Å². The van der Waals surface area contributed by atoms with Crippen molar-refractivity contribution in [2.45, 2.75) is 19.9 Å². The van der Waals surface area contributed by atoms with Gasteiger partial charge in [0.2, 0.25) is 15.9 Å². The Morgan fingerprint density at radius 1 is 1.32 bits per heavy atom. The summed E-state index contributed by atoms with van der Waals surface area (Å²) < 4.78 is 29.3. The lowest BCUT2D eigenvalue weighted by atomic mass is 10.1. The Balaban J connectivity index is 2.43.